The first-order valence-corrected chi connectivity index (χ1v) is 28.5. The van der Waals surface area contributed by atoms with Gasteiger partial charge in [0.1, 0.15) is 49.0 Å². The minimum absolute atomic E-state index is 0.0545. The van der Waals surface area contributed by atoms with Crippen LogP contribution < -0.4 is 35.5 Å². The van der Waals surface area contributed by atoms with Crippen molar-refractivity contribution in [1.29, 1.82) is 0 Å². The monoisotopic (exact) mass is 1240 g/mol. The van der Waals surface area contributed by atoms with Crippen LogP contribution in [0.1, 0.15) is 76.6 Å². The molecule has 2 amide bonds. The molecule has 2 saturated carbocycles. The number of hydrogen-bond donors (Lipinski definition) is 6. The molecule has 4 heterocycles. The Bertz CT molecular complexity index is 3460. The van der Waals surface area contributed by atoms with Gasteiger partial charge in [-0.1, -0.05) is 60.7 Å². The topological polar surface area (TPSA) is 270 Å². The van der Waals surface area contributed by atoms with Crippen LogP contribution in [0, 0.1) is 11.6 Å². The average molecular weight is 1250 g/mol. The van der Waals surface area contributed by atoms with Crippen molar-refractivity contribution in [1.82, 2.24) is 50.1 Å². The fourth-order valence-corrected chi connectivity index (χ4v) is 10.4. The SMILES string of the molecule is CC(C)n1nccc1-c1cc(F)ccc1Oc1cncnc1N(C)[C@H]1C[C@@H](NC(=O)OCc2ccccc2)C[C@H]1O.CC(C)n1nccc1B(O)O.CN(c1ncncc1Oc1ccc(F)cc1Br)[C@H]1C[C@@H](NC(=O)OCc2ccccc2)C[C@H]1O. The van der Waals surface area contributed by atoms with Gasteiger partial charge in [-0.2, -0.15) is 10.2 Å². The molecule has 4 aromatic heterocycles. The highest BCUT2D eigenvalue weighted by molar-refractivity contribution is 9.10. The number of aliphatic hydroxyl groups excluding tert-OH is 2. The highest BCUT2D eigenvalue weighted by Gasteiger charge is 2.39. The van der Waals surface area contributed by atoms with Crippen molar-refractivity contribution in [3.05, 3.63) is 174 Å². The average Bonchev–Trinajstić information content (AvgIpc) is 2.22. The molecule has 0 spiro atoms. The molecule has 0 aliphatic heterocycles. The van der Waals surface area contributed by atoms with Crippen LogP contribution in [0.15, 0.2) is 151 Å². The van der Waals surface area contributed by atoms with Crippen LogP contribution in [0.4, 0.5) is 30.0 Å². The highest BCUT2D eigenvalue weighted by Crippen LogP contribution is 2.40. The van der Waals surface area contributed by atoms with Gasteiger partial charge in [0.2, 0.25) is 0 Å². The minimum atomic E-state index is -1.43. The van der Waals surface area contributed by atoms with E-state index in [0.29, 0.717) is 81.6 Å². The van der Waals surface area contributed by atoms with E-state index < -0.39 is 43.1 Å². The number of anilines is 2. The van der Waals surface area contributed by atoms with Crippen LogP contribution in [0.3, 0.4) is 0 Å². The number of carbonyl (C=O) groups excluding carboxylic acids is 2. The molecular weight excluding hydrogens is 1180 g/mol. The zero-order chi connectivity index (χ0) is 61.4. The zero-order valence-corrected chi connectivity index (χ0v) is 49.7. The number of carbonyl (C=O) groups is 2. The van der Waals surface area contributed by atoms with Crippen LogP contribution >= 0.6 is 15.9 Å². The number of halogens is 3. The van der Waals surface area contributed by atoms with E-state index in [2.05, 4.69) is 56.7 Å². The number of rotatable bonds is 18. The number of nitrogens with zero attached hydrogens (tertiary/aromatic N) is 10. The predicted octanol–water partition coefficient (Wildman–Crippen LogP) is 8.68. The molecule has 0 unspecified atom stereocenters. The molecule has 0 bridgehead atoms. The summed E-state index contributed by atoms with van der Waals surface area (Å²) in [6.07, 6.45) is 8.22. The Kier molecular flexibility index (Phi) is 22.1. The Balaban J connectivity index is 0.000000192. The molecule has 0 saturated heterocycles. The Labute approximate surface area is 505 Å². The smallest absolute Gasteiger partial charge is 0.451 e. The van der Waals surface area contributed by atoms with Gasteiger partial charge in [-0.25, -0.2) is 38.3 Å². The number of hydrogen-bond acceptors (Lipinski definition) is 18. The van der Waals surface area contributed by atoms with E-state index in [1.54, 1.807) is 52.9 Å². The lowest BCUT2D eigenvalue weighted by atomic mass is 9.86. The van der Waals surface area contributed by atoms with E-state index in [1.807, 2.05) is 99.3 Å². The van der Waals surface area contributed by atoms with Crippen molar-refractivity contribution >= 4 is 52.5 Å². The maximum atomic E-state index is 14.3. The molecule has 2 aliphatic carbocycles. The molecule has 452 valence electrons. The third-order valence-corrected chi connectivity index (χ3v) is 14.8. The second-order valence-electron chi connectivity index (χ2n) is 21.0. The second kappa shape index (κ2) is 30.0. The van der Waals surface area contributed by atoms with Gasteiger partial charge in [-0.3, -0.25) is 9.36 Å². The lowest BCUT2D eigenvalue weighted by molar-refractivity contribution is 0.132. The third-order valence-electron chi connectivity index (χ3n) is 14.2. The summed E-state index contributed by atoms with van der Waals surface area (Å²) in [6, 6.07) is 29.6. The number of alkyl carbamates (subject to hydrolysis) is 2. The van der Waals surface area contributed by atoms with Gasteiger partial charge in [0.15, 0.2) is 23.1 Å². The van der Waals surface area contributed by atoms with Crippen molar-refractivity contribution in [3.8, 4) is 34.3 Å². The third kappa shape index (κ3) is 16.9. The van der Waals surface area contributed by atoms with Gasteiger partial charge in [0.25, 0.3) is 0 Å². The molecular formula is C60H68BBrF2N12O10. The molecule has 0 radical (unpaired) electrons. The van der Waals surface area contributed by atoms with Gasteiger partial charge >= 0.3 is 19.3 Å². The quantitative estimate of drug-likeness (QED) is 0.0439. The maximum absolute atomic E-state index is 14.3. The summed E-state index contributed by atoms with van der Waals surface area (Å²) >= 11 is 3.29. The molecule has 2 fully saturated rings. The molecule has 10 rings (SSSR count). The zero-order valence-electron chi connectivity index (χ0n) is 48.1. The standard InChI is InChI=1S/C30H33FN6O4.C24H24BrFN4O4.C6H11BN2O2/c1-19(2)37-24(11-12-34-37)23-13-21(31)9-10-27(23)41-28-16-32-18-33-29(28)36(3)25-14-22(15-26(25)38)35-30(39)40-17-20-7-5-4-6-8-20;1-30(23-22(12-27-14-28-23)34-21-8-7-16(26)9-18(21)25)19-10-17(11-20(19)31)29-24(32)33-13-15-5-3-2-4-6-15;1-5(2)9-6(7(10)11)3-4-8-9/h4-13,16,18-19,22,25-26,38H,14-15,17H2,1-3H3,(H,35,39);2-9,12,14,17,19-20,31H,10-11,13H2,1H3,(H,29,32);3-5,10-11H,1-2H3/t22-,25+,26-;17-,19+,20-;/m11./s1. The fraction of sp³-hybridized carbons (Fsp3) is 0.333. The van der Waals surface area contributed by atoms with E-state index in [9.17, 15) is 28.6 Å². The lowest BCUT2D eigenvalue weighted by Crippen LogP contribution is -2.39. The molecule has 26 heteroatoms. The van der Waals surface area contributed by atoms with Gasteiger partial charge in [-0.15, -0.1) is 0 Å². The van der Waals surface area contributed by atoms with Crippen LogP contribution in [-0.2, 0) is 22.7 Å². The van der Waals surface area contributed by atoms with Crippen LogP contribution in [-0.4, -0.2) is 130 Å². The number of aliphatic hydroxyl groups is 2. The number of likely N-dealkylation sites (N-methyl/N-ethyl adjacent to an activating group) is 2. The molecule has 4 aromatic carbocycles. The molecule has 86 heavy (non-hydrogen) atoms. The Hall–Kier alpha value is -8.56. The molecule has 6 atom stereocenters. The van der Waals surface area contributed by atoms with Gasteiger partial charge in [-0.05, 0) is 129 Å². The number of ether oxygens (including phenoxy) is 4. The van der Waals surface area contributed by atoms with E-state index >= 15 is 0 Å². The Morgan fingerprint density at radius 1 is 0.640 bits per heavy atom. The van der Waals surface area contributed by atoms with E-state index in [4.69, 9.17) is 29.0 Å². The van der Waals surface area contributed by atoms with E-state index in [1.165, 1.54) is 55.4 Å². The van der Waals surface area contributed by atoms with Crippen LogP contribution in [0.2, 0.25) is 0 Å². The number of aromatic nitrogens is 8. The van der Waals surface area contributed by atoms with Crippen molar-refractivity contribution in [2.75, 3.05) is 23.9 Å². The fourth-order valence-electron chi connectivity index (χ4n) is 10.0. The number of amides is 2. The molecule has 22 nitrogen and oxygen atoms in total. The summed E-state index contributed by atoms with van der Waals surface area (Å²) in [4.78, 5) is 45.2. The summed E-state index contributed by atoms with van der Waals surface area (Å²) in [6.45, 7) is 8.18. The van der Waals surface area contributed by atoms with Crippen molar-refractivity contribution in [2.45, 2.75) is 115 Å². The second-order valence-corrected chi connectivity index (χ2v) is 21.9. The van der Waals surface area contributed by atoms with Crippen molar-refractivity contribution < 1.29 is 57.6 Å². The summed E-state index contributed by atoms with van der Waals surface area (Å²) in [7, 11) is 2.16. The van der Waals surface area contributed by atoms with Gasteiger partial charge in [0, 0.05) is 56.2 Å². The molecule has 6 N–H and O–H groups in total. The summed E-state index contributed by atoms with van der Waals surface area (Å²) in [5.74, 6) is 1.61. The number of nitrogens with one attached hydrogen (secondary N) is 2. The summed E-state index contributed by atoms with van der Waals surface area (Å²) < 4.78 is 54.4. The van der Waals surface area contributed by atoms with Crippen molar-refractivity contribution in [2.24, 2.45) is 0 Å². The lowest BCUT2D eigenvalue weighted by Gasteiger charge is -2.29. The molecule has 8 aromatic rings. The Morgan fingerprint density at radius 3 is 1.58 bits per heavy atom. The summed E-state index contributed by atoms with van der Waals surface area (Å²) in [5, 5.41) is 53.3. The van der Waals surface area contributed by atoms with Crippen molar-refractivity contribution in [3.63, 3.8) is 0 Å². The first-order valence-electron chi connectivity index (χ1n) is 27.7. The van der Waals surface area contributed by atoms with Gasteiger partial charge in [0.05, 0.1) is 52.4 Å². The number of benzene rings is 4. The minimum Gasteiger partial charge on any atom is -0.451 e. The Morgan fingerprint density at radius 2 is 1.10 bits per heavy atom. The predicted molar refractivity (Wildman–Crippen MR) is 321 cm³/mol. The molecule has 2 aliphatic rings. The van der Waals surface area contributed by atoms with Gasteiger partial charge < -0.3 is 59.6 Å². The first kappa shape index (κ1) is 63.5. The van der Waals surface area contributed by atoms with Crippen LogP contribution in [0.5, 0.6) is 23.0 Å². The maximum Gasteiger partial charge on any atom is 0.507 e. The highest BCUT2D eigenvalue weighted by atomic mass is 79.9. The normalized spacial score (nSPS) is 17.8. The van der Waals surface area contributed by atoms with Crippen LogP contribution in [0.25, 0.3) is 11.3 Å². The van der Waals surface area contributed by atoms with E-state index in [-0.39, 0.29) is 49.5 Å². The summed E-state index contributed by atoms with van der Waals surface area (Å²) in [5.41, 5.74) is 3.46. The largest absolute Gasteiger partial charge is 0.507 e. The van der Waals surface area contributed by atoms with E-state index in [0.717, 1.165) is 11.1 Å². The first-order chi connectivity index (χ1) is 41.3.